The van der Waals surface area contributed by atoms with E-state index in [4.69, 9.17) is 5.11 Å². The summed E-state index contributed by atoms with van der Waals surface area (Å²) in [7, 11) is 0. The van der Waals surface area contributed by atoms with E-state index in [1.54, 1.807) is 0 Å². The highest BCUT2D eigenvalue weighted by atomic mass is 79.9. The molecule has 0 aliphatic rings. The molecular weight excluding hydrogens is 267 g/mol. The lowest BCUT2D eigenvalue weighted by Gasteiger charge is -2.06. The van der Waals surface area contributed by atoms with Gasteiger partial charge in [0.1, 0.15) is 5.69 Å². The van der Waals surface area contributed by atoms with E-state index in [0.29, 0.717) is 12.3 Å². The van der Waals surface area contributed by atoms with Crippen LogP contribution in [0.25, 0.3) is 0 Å². The molecule has 0 saturated heterocycles. The summed E-state index contributed by atoms with van der Waals surface area (Å²) >= 11 is 2.72. The number of carboxylic acids is 1. The lowest BCUT2D eigenvalue weighted by molar-refractivity contribution is -0.141. The number of nitrogens with zero attached hydrogens (tertiary/aromatic N) is 1. The molecule has 0 aliphatic carbocycles. The average molecular weight is 270 g/mol. The summed E-state index contributed by atoms with van der Waals surface area (Å²) in [5, 5.41) is 8.51. The highest BCUT2D eigenvalue weighted by Crippen LogP contribution is 2.30. The van der Waals surface area contributed by atoms with Crippen LogP contribution in [0.15, 0.2) is 16.7 Å². The van der Waals surface area contributed by atoms with Gasteiger partial charge < -0.3 is 5.11 Å². The average Bonchev–Trinajstić information content (AvgIpc) is 2.01. The zero-order chi connectivity index (χ0) is 10.9. The van der Waals surface area contributed by atoms with Gasteiger partial charge in [-0.25, -0.2) is 4.79 Å². The smallest absolute Gasteiger partial charge is 0.433 e. The van der Waals surface area contributed by atoms with E-state index in [1.165, 1.54) is 0 Å². The number of rotatable bonds is 1. The van der Waals surface area contributed by atoms with Crippen LogP contribution in [0.4, 0.5) is 13.2 Å². The van der Waals surface area contributed by atoms with Crippen molar-refractivity contribution >= 4 is 21.9 Å². The van der Waals surface area contributed by atoms with E-state index >= 15 is 0 Å². The lowest BCUT2D eigenvalue weighted by Crippen LogP contribution is -2.09. The van der Waals surface area contributed by atoms with Crippen LogP contribution in [0.1, 0.15) is 16.1 Å². The monoisotopic (exact) mass is 269 g/mol. The minimum absolute atomic E-state index is 0.146. The molecule has 0 amide bonds. The van der Waals surface area contributed by atoms with Gasteiger partial charge in [-0.05, 0) is 22.0 Å². The fraction of sp³-hybridized carbons (Fsp3) is 0.143. The molecule has 0 bridgehead atoms. The van der Waals surface area contributed by atoms with E-state index in [1.807, 2.05) is 0 Å². The first-order valence-corrected chi connectivity index (χ1v) is 4.07. The molecule has 0 spiro atoms. The molecular formula is C7H3BrF3NO2. The van der Waals surface area contributed by atoms with Crippen LogP contribution in [-0.4, -0.2) is 16.1 Å². The molecule has 0 unspecified atom stereocenters. The van der Waals surface area contributed by atoms with Gasteiger partial charge in [-0.2, -0.15) is 13.2 Å². The maximum absolute atomic E-state index is 12.1. The third-order valence-corrected chi connectivity index (χ3v) is 2.03. The molecule has 0 atom stereocenters. The van der Waals surface area contributed by atoms with Crippen molar-refractivity contribution in [3.63, 3.8) is 0 Å². The molecule has 1 rings (SSSR count). The number of halogens is 4. The van der Waals surface area contributed by atoms with E-state index < -0.39 is 17.8 Å². The number of pyridine rings is 1. The van der Waals surface area contributed by atoms with Crippen LogP contribution in [0, 0.1) is 0 Å². The highest BCUT2D eigenvalue weighted by molar-refractivity contribution is 9.10. The first kappa shape index (κ1) is 11.0. The molecule has 1 heterocycles. The first-order valence-electron chi connectivity index (χ1n) is 3.28. The van der Waals surface area contributed by atoms with Crippen LogP contribution in [0.2, 0.25) is 0 Å². The summed E-state index contributed by atoms with van der Waals surface area (Å²) in [6.45, 7) is 0. The zero-order valence-electron chi connectivity index (χ0n) is 6.47. The largest absolute Gasteiger partial charge is 0.478 e. The Labute approximate surface area is 84.7 Å². The van der Waals surface area contributed by atoms with Gasteiger partial charge in [-0.15, -0.1) is 0 Å². The summed E-state index contributed by atoms with van der Waals surface area (Å²) in [6, 6.07) is 0.628. The highest BCUT2D eigenvalue weighted by Gasteiger charge is 2.33. The second-order valence-corrected chi connectivity index (χ2v) is 3.21. The van der Waals surface area contributed by atoms with Crippen molar-refractivity contribution in [3.05, 3.63) is 28.0 Å². The molecule has 1 aromatic rings. The van der Waals surface area contributed by atoms with Crippen LogP contribution in [-0.2, 0) is 6.18 Å². The molecule has 0 fully saturated rings. The lowest BCUT2D eigenvalue weighted by atomic mass is 10.2. The number of alkyl halides is 3. The Bertz CT molecular complexity index is 378. The van der Waals surface area contributed by atoms with Crippen LogP contribution >= 0.6 is 15.9 Å². The van der Waals surface area contributed by atoms with E-state index in [2.05, 4.69) is 20.9 Å². The molecule has 0 radical (unpaired) electrons. The Kier molecular flexibility index (Phi) is 2.79. The molecule has 0 saturated carbocycles. The van der Waals surface area contributed by atoms with E-state index in [9.17, 15) is 18.0 Å². The van der Waals surface area contributed by atoms with E-state index in [-0.39, 0.29) is 10.0 Å². The summed E-state index contributed by atoms with van der Waals surface area (Å²) in [5.41, 5.74) is -1.44. The molecule has 1 N–H and O–H groups in total. The van der Waals surface area contributed by atoms with Crippen LogP contribution < -0.4 is 0 Å². The summed E-state index contributed by atoms with van der Waals surface area (Å²) in [5.74, 6) is -1.34. The summed E-state index contributed by atoms with van der Waals surface area (Å²) in [4.78, 5) is 13.4. The fourth-order valence-corrected chi connectivity index (χ4v) is 1.23. The molecule has 0 aromatic carbocycles. The van der Waals surface area contributed by atoms with Gasteiger partial charge in [0.25, 0.3) is 0 Å². The number of hydrogen-bond donors (Lipinski definition) is 1. The van der Waals surface area contributed by atoms with Crippen molar-refractivity contribution in [2.45, 2.75) is 6.18 Å². The number of aromatic nitrogens is 1. The quantitative estimate of drug-likeness (QED) is 0.853. The maximum Gasteiger partial charge on any atom is 0.433 e. The number of hydrogen-bond acceptors (Lipinski definition) is 2. The second-order valence-electron chi connectivity index (χ2n) is 2.35. The predicted octanol–water partition coefficient (Wildman–Crippen LogP) is 2.56. The second kappa shape index (κ2) is 3.56. The van der Waals surface area contributed by atoms with Gasteiger partial charge in [-0.1, -0.05) is 0 Å². The fourth-order valence-electron chi connectivity index (χ4n) is 0.743. The van der Waals surface area contributed by atoms with Crippen molar-refractivity contribution in [2.24, 2.45) is 0 Å². The molecule has 1 aromatic heterocycles. The molecule has 7 heteroatoms. The number of carbonyl (C=O) groups is 1. The zero-order valence-corrected chi connectivity index (χ0v) is 8.06. The first-order chi connectivity index (χ1) is 6.32. The van der Waals surface area contributed by atoms with Gasteiger partial charge in [-0.3, -0.25) is 4.98 Å². The number of aromatic carboxylic acids is 1. The van der Waals surface area contributed by atoms with Crippen molar-refractivity contribution in [3.8, 4) is 0 Å². The molecule has 3 nitrogen and oxygen atoms in total. The Balaban J connectivity index is 3.20. The summed E-state index contributed by atoms with van der Waals surface area (Å²) < 4.78 is 36.1. The Hall–Kier alpha value is -1.11. The predicted molar refractivity (Wildman–Crippen MR) is 43.9 cm³/mol. The molecule has 76 valence electrons. The van der Waals surface area contributed by atoms with Crippen molar-refractivity contribution in [1.29, 1.82) is 0 Å². The van der Waals surface area contributed by atoms with Gasteiger partial charge in [0.15, 0.2) is 0 Å². The van der Waals surface area contributed by atoms with Crippen molar-refractivity contribution < 1.29 is 23.1 Å². The normalized spacial score (nSPS) is 11.4. The maximum atomic E-state index is 12.1. The third kappa shape index (κ3) is 2.22. The van der Waals surface area contributed by atoms with Crippen LogP contribution in [0.5, 0.6) is 0 Å². The van der Waals surface area contributed by atoms with Gasteiger partial charge in [0.2, 0.25) is 0 Å². The van der Waals surface area contributed by atoms with Gasteiger partial charge >= 0.3 is 12.1 Å². The standard InChI is InChI=1S/C7H3BrF3NO2/c8-4-1-5(7(9,10)11)12-2-3(4)6(13)14/h1-2H,(H,13,14). The topological polar surface area (TPSA) is 50.2 Å². The minimum atomic E-state index is -4.57. The Morgan fingerprint density at radius 1 is 1.50 bits per heavy atom. The summed E-state index contributed by atoms with van der Waals surface area (Å²) in [6.07, 6.45) is -3.91. The SMILES string of the molecule is O=C(O)c1cnc(C(F)(F)F)cc1Br. The van der Waals surface area contributed by atoms with Gasteiger partial charge in [0.05, 0.1) is 5.56 Å². The minimum Gasteiger partial charge on any atom is -0.478 e. The van der Waals surface area contributed by atoms with Crippen molar-refractivity contribution in [1.82, 2.24) is 4.98 Å². The van der Waals surface area contributed by atoms with E-state index in [0.717, 1.165) is 0 Å². The molecule has 0 aliphatic heterocycles. The third-order valence-electron chi connectivity index (χ3n) is 1.37. The Morgan fingerprint density at radius 2 is 2.07 bits per heavy atom. The van der Waals surface area contributed by atoms with Crippen molar-refractivity contribution in [2.75, 3.05) is 0 Å². The number of carboxylic acid groups (broad SMARTS) is 1. The molecule has 14 heavy (non-hydrogen) atoms. The van der Waals surface area contributed by atoms with Crippen LogP contribution in [0.3, 0.4) is 0 Å². The Morgan fingerprint density at radius 3 is 2.43 bits per heavy atom. The van der Waals surface area contributed by atoms with Gasteiger partial charge in [0, 0.05) is 10.7 Å².